The van der Waals surface area contributed by atoms with Crippen LogP contribution in [0.1, 0.15) is 98.8 Å². The van der Waals surface area contributed by atoms with Gasteiger partial charge in [-0.05, 0) is 92.3 Å². The summed E-state index contributed by atoms with van der Waals surface area (Å²) in [5.41, 5.74) is 1.53. The van der Waals surface area contributed by atoms with E-state index in [0.29, 0.717) is 22.2 Å². The van der Waals surface area contributed by atoms with Crippen molar-refractivity contribution in [3.05, 3.63) is 0 Å². The van der Waals surface area contributed by atoms with Gasteiger partial charge in [0.15, 0.2) is 0 Å². The van der Waals surface area contributed by atoms with E-state index in [1.54, 1.807) is 6.92 Å². The molecule has 0 aromatic heterocycles. The van der Waals surface area contributed by atoms with Crippen LogP contribution in [0.5, 0.6) is 0 Å². The third kappa shape index (κ3) is 2.53. The van der Waals surface area contributed by atoms with E-state index in [9.17, 15) is 4.79 Å². The Morgan fingerprint density at radius 3 is 2.38 bits per heavy atom. The zero-order chi connectivity index (χ0) is 18.7. The molecule has 4 aliphatic carbocycles. The molecular weight excluding hydrogens is 320 g/mol. The lowest BCUT2D eigenvalue weighted by molar-refractivity contribution is -0.164. The van der Waals surface area contributed by atoms with Crippen LogP contribution in [-0.2, 0) is 9.53 Å². The normalized spacial score (nSPS) is 51.7. The first-order valence-corrected chi connectivity index (χ1v) is 11.4. The van der Waals surface area contributed by atoms with Gasteiger partial charge in [0.05, 0.1) is 0 Å². The third-order valence-electron chi connectivity index (χ3n) is 10.3. The molecule has 0 bridgehead atoms. The summed E-state index contributed by atoms with van der Waals surface area (Å²) in [6.07, 6.45) is 14.2. The Labute approximate surface area is 160 Å². The summed E-state index contributed by atoms with van der Waals surface area (Å²) in [6, 6.07) is 0. The molecule has 0 aromatic carbocycles. The molecule has 26 heavy (non-hydrogen) atoms. The van der Waals surface area contributed by atoms with Crippen molar-refractivity contribution in [2.24, 2.45) is 39.9 Å². The van der Waals surface area contributed by atoms with Gasteiger partial charge in [-0.2, -0.15) is 0 Å². The zero-order valence-electron chi connectivity index (χ0n) is 17.8. The molecule has 4 saturated carbocycles. The average molecular weight is 361 g/mol. The van der Waals surface area contributed by atoms with Crippen molar-refractivity contribution >= 4 is 5.97 Å². The molecule has 4 aliphatic rings. The second kappa shape index (κ2) is 6.24. The van der Waals surface area contributed by atoms with Crippen LogP contribution < -0.4 is 0 Å². The molecule has 0 heterocycles. The van der Waals surface area contributed by atoms with E-state index in [4.69, 9.17) is 4.74 Å². The smallest absolute Gasteiger partial charge is 0.302 e. The van der Waals surface area contributed by atoms with E-state index in [-0.39, 0.29) is 12.1 Å². The lowest BCUT2D eigenvalue weighted by atomic mass is 9.40. The molecular formula is C24H40O2. The van der Waals surface area contributed by atoms with Gasteiger partial charge in [-0.15, -0.1) is 0 Å². The van der Waals surface area contributed by atoms with Crippen LogP contribution in [0.4, 0.5) is 0 Å². The van der Waals surface area contributed by atoms with Crippen molar-refractivity contribution in [3.63, 3.8) is 0 Å². The number of hydrogen-bond acceptors (Lipinski definition) is 2. The Morgan fingerprint density at radius 1 is 0.923 bits per heavy atom. The number of carbonyl (C=O) groups is 1. The Balaban J connectivity index is 1.59. The fraction of sp³-hybridized carbons (Fsp3) is 0.958. The second-order valence-corrected chi connectivity index (χ2v) is 11.1. The minimum Gasteiger partial charge on any atom is -0.463 e. The molecule has 0 N–H and O–H groups in total. The van der Waals surface area contributed by atoms with Crippen molar-refractivity contribution in [1.29, 1.82) is 0 Å². The van der Waals surface area contributed by atoms with Crippen molar-refractivity contribution in [1.82, 2.24) is 0 Å². The van der Waals surface area contributed by atoms with E-state index in [1.807, 2.05) is 0 Å². The maximum atomic E-state index is 11.5. The van der Waals surface area contributed by atoms with E-state index < -0.39 is 0 Å². The molecule has 2 nitrogen and oxygen atoms in total. The highest BCUT2D eigenvalue weighted by molar-refractivity contribution is 5.66. The molecule has 2 heteroatoms. The maximum Gasteiger partial charge on any atom is 0.302 e. The molecule has 0 amide bonds. The highest BCUT2D eigenvalue weighted by atomic mass is 16.5. The van der Waals surface area contributed by atoms with Crippen LogP contribution in [0.3, 0.4) is 0 Å². The molecule has 148 valence electrons. The molecule has 0 saturated heterocycles. The number of carbonyl (C=O) groups excluding carboxylic acids is 1. The van der Waals surface area contributed by atoms with E-state index in [2.05, 4.69) is 27.7 Å². The Hall–Kier alpha value is -0.530. The summed E-state index contributed by atoms with van der Waals surface area (Å²) in [5, 5.41) is 0. The first-order valence-electron chi connectivity index (χ1n) is 11.4. The number of rotatable bonds is 2. The number of esters is 1. The van der Waals surface area contributed by atoms with E-state index >= 15 is 0 Å². The summed E-state index contributed by atoms with van der Waals surface area (Å²) >= 11 is 0. The zero-order valence-corrected chi connectivity index (χ0v) is 17.8. The van der Waals surface area contributed by atoms with E-state index in [0.717, 1.165) is 17.8 Å². The van der Waals surface area contributed by atoms with Gasteiger partial charge in [-0.3, -0.25) is 4.79 Å². The summed E-state index contributed by atoms with van der Waals surface area (Å²) in [7, 11) is 0. The predicted molar refractivity (Wildman–Crippen MR) is 106 cm³/mol. The summed E-state index contributed by atoms with van der Waals surface area (Å²) in [6.45, 7) is 11.5. The van der Waals surface area contributed by atoms with Crippen LogP contribution in [-0.4, -0.2) is 12.1 Å². The average Bonchev–Trinajstić information content (AvgIpc) is 2.92. The first-order chi connectivity index (χ1) is 12.2. The lowest BCUT2D eigenvalue weighted by Gasteiger charge is -2.64. The van der Waals surface area contributed by atoms with Gasteiger partial charge in [0.25, 0.3) is 0 Å². The molecule has 0 radical (unpaired) electrons. The van der Waals surface area contributed by atoms with Crippen LogP contribution >= 0.6 is 0 Å². The number of ether oxygens (including phenoxy) is 1. The fourth-order valence-electron chi connectivity index (χ4n) is 8.76. The van der Waals surface area contributed by atoms with Crippen LogP contribution in [0.2, 0.25) is 0 Å². The SMILES string of the molecule is CC(=O)OC(C)C1CCC2C3CCC4(C)CCCCC4(C)C3CCC12C. The molecule has 4 rings (SSSR count). The van der Waals surface area contributed by atoms with Crippen LogP contribution in [0.15, 0.2) is 0 Å². The fourth-order valence-corrected chi connectivity index (χ4v) is 8.76. The summed E-state index contributed by atoms with van der Waals surface area (Å²) < 4.78 is 5.67. The molecule has 0 spiro atoms. The molecule has 8 atom stereocenters. The standard InChI is InChI=1S/C24H40O2/c1-16(26-17(2)25)19-8-9-20-18-10-14-22(3)12-6-7-13-24(22,5)21(18)11-15-23(19,20)4/h16,18-21H,6-15H2,1-5H3. The quantitative estimate of drug-likeness (QED) is 0.534. The van der Waals surface area contributed by atoms with Gasteiger partial charge in [-0.1, -0.05) is 33.6 Å². The topological polar surface area (TPSA) is 26.3 Å². The first kappa shape index (κ1) is 18.8. The maximum absolute atomic E-state index is 11.5. The van der Waals surface area contributed by atoms with Gasteiger partial charge in [0.2, 0.25) is 0 Å². The van der Waals surface area contributed by atoms with Crippen LogP contribution in [0.25, 0.3) is 0 Å². The highest BCUT2D eigenvalue weighted by Crippen LogP contribution is 2.70. The second-order valence-electron chi connectivity index (χ2n) is 11.1. The third-order valence-corrected chi connectivity index (χ3v) is 10.3. The Kier molecular flexibility index (Phi) is 4.52. The van der Waals surface area contributed by atoms with Crippen LogP contribution in [0, 0.1) is 39.9 Å². The van der Waals surface area contributed by atoms with Gasteiger partial charge in [-0.25, -0.2) is 0 Å². The number of fused-ring (bicyclic) bond motifs is 5. The summed E-state index contributed by atoms with van der Waals surface area (Å²) in [5.74, 6) is 3.15. The lowest BCUT2D eigenvalue weighted by Crippen LogP contribution is -2.57. The minimum absolute atomic E-state index is 0.0816. The Morgan fingerprint density at radius 2 is 1.65 bits per heavy atom. The van der Waals surface area contributed by atoms with Gasteiger partial charge in [0.1, 0.15) is 6.10 Å². The van der Waals surface area contributed by atoms with Crippen molar-refractivity contribution < 1.29 is 9.53 Å². The van der Waals surface area contributed by atoms with Crippen molar-refractivity contribution in [2.75, 3.05) is 0 Å². The highest BCUT2D eigenvalue weighted by Gasteiger charge is 2.63. The van der Waals surface area contributed by atoms with Gasteiger partial charge >= 0.3 is 5.97 Å². The number of hydrogen-bond donors (Lipinski definition) is 0. The summed E-state index contributed by atoms with van der Waals surface area (Å²) in [4.78, 5) is 11.5. The largest absolute Gasteiger partial charge is 0.463 e. The van der Waals surface area contributed by atoms with Gasteiger partial charge < -0.3 is 4.74 Å². The predicted octanol–water partition coefficient (Wildman–Crippen LogP) is 6.38. The molecule has 8 unspecified atom stereocenters. The molecule has 0 aromatic rings. The monoisotopic (exact) mass is 360 g/mol. The molecule has 4 fully saturated rings. The van der Waals surface area contributed by atoms with Crippen molar-refractivity contribution in [2.45, 2.75) is 105 Å². The molecule has 0 aliphatic heterocycles. The van der Waals surface area contributed by atoms with Crippen molar-refractivity contribution in [3.8, 4) is 0 Å². The van der Waals surface area contributed by atoms with Gasteiger partial charge in [0, 0.05) is 12.8 Å². The minimum atomic E-state index is -0.110. The van der Waals surface area contributed by atoms with E-state index in [1.165, 1.54) is 64.2 Å². The Bertz CT molecular complexity index is 571.